The van der Waals surface area contributed by atoms with E-state index in [9.17, 15) is 9.59 Å². The van der Waals surface area contributed by atoms with Gasteiger partial charge in [-0.05, 0) is 31.2 Å². The third-order valence-corrected chi connectivity index (χ3v) is 3.96. The highest BCUT2D eigenvalue weighted by molar-refractivity contribution is 5.95. The fourth-order valence-electron chi connectivity index (χ4n) is 2.71. The number of carbonyl (C=O) groups is 2. The highest BCUT2D eigenvalue weighted by atomic mass is 16.5. The number of hydrogen-bond acceptors (Lipinski definition) is 7. The molecule has 0 radical (unpaired) electrons. The largest absolute Gasteiger partial charge is 0.465 e. The number of anilines is 1. The molecule has 0 aliphatic heterocycles. The number of nitrogens with zero attached hydrogens (tertiary/aromatic N) is 3. The molecule has 0 unspecified atom stereocenters. The maximum Gasteiger partial charge on any atom is 0.325 e. The molecule has 3 rings (SSSR count). The zero-order chi connectivity index (χ0) is 19.9. The third kappa shape index (κ3) is 4.26. The van der Waals surface area contributed by atoms with Crippen LogP contribution in [0.1, 0.15) is 17.3 Å². The molecular formula is C19H22N6O3. The van der Waals surface area contributed by atoms with Gasteiger partial charge >= 0.3 is 5.97 Å². The molecule has 146 valence electrons. The zero-order valence-electron chi connectivity index (χ0n) is 15.5. The maximum atomic E-state index is 12.2. The fraction of sp³-hybridized carbons (Fsp3) is 0.263. The topological polar surface area (TPSA) is 124 Å². The van der Waals surface area contributed by atoms with Crippen LogP contribution in [-0.2, 0) is 9.53 Å². The summed E-state index contributed by atoms with van der Waals surface area (Å²) in [7, 11) is 0. The van der Waals surface area contributed by atoms with Gasteiger partial charge in [-0.2, -0.15) is 0 Å². The lowest BCUT2D eigenvalue weighted by Gasteiger charge is -2.09. The van der Waals surface area contributed by atoms with E-state index in [2.05, 4.69) is 20.6 Å². The van der Waals surface area contributed by atoms with Crippen LogP contribution < -0.4 is 16.4 Å². The van der Waals surface area contributed by atoms with E-state index >= 15 is 0 Å². The van der Waals surface area contributed by atoms with Crippen molar-refractivity contribution < 1.29 is 14.3 Å². The van der Waals surface area contributed by atoms with Crippen LogP contribution in [0.3, 0.4) is 0 Å². The predicted molar refractivity (Wildman–Crippen MR) is 105 cm³/mol. The van der Waals surface area contributed by atoms with Crippen LogP contribution in [0.25, 0.3) is 16.9 Å². The van der Waals surface area contributed by atoms with Gasteiger partial charge in [0.1, 0.15) is 23.7 Å². The van der Waals surface area contributed by atoms with Crippen molar-refractivity contribution in [2.45, 2.75) is 6.92 Å². The Bertz CT molecular complexity index is 970. The summed E-state index contributed by atoms with van der Waals surface area (Å²) in [5.74, 6) is 0.0252. The van der Waals surface area contributed by atoms with Crippen molar-refractivity contribution in [3.05, 3.63) is 48.4 Å². The maximum absolute atomic E-state index is 12.2. The van der Waals surface area contributed by atoms with Crippen LogP contribution in [0.4, 0.5) is 5.82 Å². The van der Waals surface area contributed by atoms with E-state index in [0.717, 1.165) is 5.56 Å². The summed E-state index contributed by atoms with van der Waals surface area (Å²) in [6.07, 6.45) is 5.09. The molecule has 9 heteroatoms. The van der Waals surface area contributed by atoms with Crippen molar-refractivity contribution in [3.63, 3.8) is 0 Å². The average Bonchev–Trinajstić information content (AvgIpc) is 3.09. The van der Waals surface area contributed by atoms with Crippen molar-refractivity contribution in [1.29, 1.82) is 0 Å². The van der Waals surface area contributed by atoms with Crippen LogP contribution in [0.5, 0.6) is 0 Å². The number of rotatable bonds is 8. The molecule has 0 bridgehead atoms. The number of nitrogens with one attached hydrogen (secondary N) is 2. The summed E-state index contributed by atoms with van der Waals surface area (Å²) in [5.41, 5.74) is 7.87. The third-order valence-electron chi connectivity index (χ3n) is 3.96. The van der Waals surface area contributed by atoms with E-state index in [4.69, 9.17) is 10.5 Å². The van der Waals surface area contributed by atoms with E-state index in [1.165, 1.54) is 0 Å². The molecule has 0 aliphatic carbocycles. The van der Waals surface area contributed by atoms with Crippen LogP contribution in [0.15, 0.2) is 42.9 Å². The minimum Gasteiger partial charge on any atom is -0.465 e. The van der Waals surface area contributed by atoms with Crippen molar-refractivity contribution >= 4 is 23.3 Å². The summed E-state index contributed by atoms with van der Waals surface area (Å²) >= 11 is 0. The monoisotopic (exact) mass is 382 g/mol. The Morgan fingerprint density at radius 3 is 2.89 bits per heavy atom. The summed E-state index contributed by atoms with van der Waals surface area (Å²) in [5, 5.41) is 5.82. The second kappa shape index (κ2) is 8.96. The molecule has 0 aliphatic rings. The summed E-state index contributed by atoms with van der Waals surface area (Å²) in [4.78, 5) is 32.7. The molecule has 4 N–H and O–H groups in total. The molecule has 0 spiro atoms. The average molecular weight is 382 g/mol. The number of amides is 1. The van der Waals surface area contributed by atoms with Gasteiger partial charge in [0, 0.05) is 42.8 Å². The lowest BCUT2D eigenvalue weighted by atomic mass is 10.2. The number of ether oxygens (including phenoxy) is 1. The summed E-state index contributed by atoms with van der Waals surface area (Å²) < 4.78 is 6.76. The second-order valence-corrected chi connectivity index (χ2v) is 5.90. The molecule has 0 atom stereocenters. The Morgan fingerprint density at radius 2 is 2.18 bits per heavy atom. The predicted octanol–water partition coefficient (Wildman–Crippen LogP) is 1.06. The number of pyridine rings is 2. The van der Waals surface area contributed by atoms with Gasteiger partial charge < -0.3 is 21.1 Å². The van der Waals surface area contributed by atoms with E-state index in [1.807, 2.05) is 6.07 Å². The van der Waals surface area contributed by atoms with Gasteiger partial charge in [-0.1, -0.05) is 0 Å². The van der Waals surface area contributed by atoms with Gasteiger partial charge in [0.2, 0.25) is 0 Å². The Balaban J connectivity index is 1.99. The van der Waals surface area contributed by atoms with Gasteiger partial charge in [-0.25, -0.2) is 4.98 Å². The minimum absolute atomic E-state index is 0.00632. The molecule has 3 heterocycles. The van der Waals surface area contributed by atoms with E-state index < -0.39 is 0 Å². The molecule has 3 aromatic rings. The molecule has 0 saturated carbocycles. The van der Waals surface area contributed by atoms with Gasteiger partial charge in [-0.15, -0.1) is 0 Å². The van der Waals surface area contributed by atoms with E-state index in [0.29, 0.717) is 42.4 Å². The van der Waals surface area contributed by atoms with E-state index in [-0.39, 0.29) is 18.4 Å². The first kappa shape index (κ1) is 19.3. The molecule has 0 fully saturated rings. The van der Waals surface area contributed by atoms with Crippen LogP contribution >= 0.6 is 0 Å². The minimum atomic E-state index is -0.368. The van der Waals surface area contributed by atoms with Gasteiger partial charge in [0.25, 0.3) is 5.91 Å². The van der Waals surface area contributed by atoms with Gasteiger partial charge in [0.05, 0.1) is 6.61 Å². The molecular weight excluding hydrogens is 360 g/mol. The van der Waals surface area contributed by atoms with Crippen LogP contribution in [0.2, 0.25) is 0 Å². The number of imidazole rings is 1. The lowest BCUT2D eigenvalue weighted by molar-refractivity contribution is -0.140. The number of fused-ring (bicyclic) bond motifs is 1. The smallest absolute Gasteiger partial charge is 0.325 e. The first-order valence-electron chi connectivity index (χ1n) is 8.94. The Kier molecular flexibility index (Phi) is 6.18. The molecule has 0 saturated heterocycles. The number of hydrogen-bond donors (Lipinski definition) is 3. The van der Waals surface area contributed by atoms with Crippen LogP contribution in [-0.4, -0.2) is 52.5 Å². The Morgan fingerprint density at radius 1 is 1.32 bits per heavy atom. The normalized spacial score (nSPS) is 10.6. The molecule has 3 aromatic heterocycles. The molecule has 28 heavy (non-hydrogen) atoms. The summed E-state index contributed by atoms with van der Waals surface area (Å²) in [6.45, 7) is 2.82. The second-order valence-electron chi connectivity index (χ2n) is 5.90. The lowest BCUT2D eigenvalue weighted by Crippen LogP contribution is -2.29. The quantitative estimate of drug-likeness (QED) is 0.498. The van der Waals surface area contributed by atoms with Gasteiger partial charge in [-0.3, -0.25) is 19.0 Å². The first-order chi connectivity index (χ1) is 13.6. The highest BCUT2D eigenvalue weighted by Gasteiger charge is 2.17. The molecule has 1 amide bonds. The van der Waals surface area contributed by atoms with Gasteiger partial charge in [0.15, 0.2) is 0 Å². The van der Waals surface area contributed by atoms with Crippen molar-refractivity contribution in [1.82, 2.24) is 19.7 Å². The molecule has 0 aromatic carbocycles. The zero-order valence-corrected chi connectivity index (χ0v) is 15.5. The standard InChI is InChI=1S/C19H22N6O3/c1-2-28-16(26)12-23-18-17(14-4-3-7-21-11-14)24-15-10-13(5-9-25(15)18)19(27)22-8-6-20/h3-5,7,9-11,23H,2,6,8,12,20H2,1H3,(H,22,27). The van der Waals surface area contributed by atoms with Crippen molar-refractivity contribution in [2.24, 2.45) is 5.73 Å². The SMILES string of the molecule is CCOC(=O)CNc1c(-c2cccnc2)nc2cc(C(=O)NCCN)ccn12. The number of esters is 1. The molecule has 9 nitrogen and oxygen atoms in total. The Hall–Kier alpha value is -3.46. The first-order valence-corrected chi connectivity index (χ1v) is 8.94. The number of aromatic nitrogens is 3. The van der Waals surface area contributed by atoms with Crippen molar-refractivity contribution in [3.8, 4) is 11.3 Å². The fourth-order valence-corrected chi connectivity index (χ4v) is 2.71. The number of nitrogens with two attached hydrogens (primary N) is 1. The van der Waals surface area contributed by atoms with E-state index in [1.54, 1.807) is 48.1 Å². The van der Waals surface area contributed by atoms with Crippen LogP contribution in [0, 0.1) is 0 Å². The van der Waals surface area contributed by atoms with Crippen molar-refractivity contribution in [2.75, 3.05) is 31.6 Å². The highest BCUT2D eigenvalue weighted by Crippen LogP contribution is 2.28. The number of carbonyl (C=O) groups excluding carboxylic acids is 2. The summed E-state index contributed by atoms with van der Waals surface area (Å²) in [6, 6.07) is 7.05. The Labute approximate surface area is 161 Å².